The fourth-order valence-corrected chi connectivity index (χ4v) is 4.67. The number of pyridine rings is 1. The molecule has 1 amide bonds. The maximum Gasteiger partial charge on any atom is 0.233 e. The van der Waals surface area contributed by atoms with E-state index in [1.165, 1.54) is 17.3 Å². The molecule has 0 bridgehead atoms. The first-order valence-corrected chi connectivity index (χ1v) is 12.4. The Morgan fingerprint density at radius 3 is 2.32 bits per heavy atom. The first kappa shape index (κ1) is 23.7. The quantitative estimate of drug-likeness (QED) is 0.323. The van der Waals surface area contributed by atoms with Gasteiger partial charge in [-0.15, -0.1) is 10.2 Å². The summed E-state index contributed by atoms with van der Waals surface area (Å²) in [4.78, 5) is 17.1. The van der Waals surface area contributed by atoms with Gasteiger partial charge in [0.05, 0.1) is 11.8 Å². The molecule has 4 aromatic rings. The van der Waals surface area contributed by atoms with Crippen LogP contribution in [-0.2, 0) is 11.3 Å². The van der Waals surface area contributed by atoms with Gasteiger partial charge in [-0.3, -0.25) is 14.3 Å². The zero-order chi connectivity index (χ0) is 23.8. The van der Waals surface area contributed by atoms with E-state index in [-0.39, 0.29) is 11.2 Å². The van der Waals surface area contributed by atoms with Crippen LogP contribution in [0.3, 0.4) is 0 Å². The van der Waals surface area contributed by atoms with Gasteiger partial charge in [0.2, 0.25) is 5.91 Å². The zero-order valence-electron chi connectivity index (χ0n) is 19.5. The Morgan fingerprint density at radius 1 is 0.971 bits per heavy atom. The number of hydrogen-bond donors (Lipinski definition) is 1. The van der Waals surface area contributed by atoms with Crippen molar-refractivity contribution in [3.8, 4) is 11.4 Å². The van der Waals surface area contributed by atoms with E-state index >= 15 is 0 Å². The molecular weight excluding hydrogens is 442 g/mol. The van der Waals surface area contributed by atoms with Crippen LogP contribution in [0.5, 0.6) is 0 Å². The predicted octanol–water partition coefficient (Wildman–Crippen LogP) is 5.18. The van der Waals surface area contributed by atoms with Crippen LogP contribution in [0.15, 0.2) is 90.3 Å². The van der Waals surface area contributed by atoms with E-state index in [2.05, 4.69) is 56.3 Å². The number of aromatic nitrogens is 4. The number of carbonyl (C=O) groups is 1. The summed E-state index contributed by atoms with van der Waals surface area (Å²) in [7, 11) is 0. The van der Waals surface area contributed by atoms with Gasteiger partial charge in [-0.25, -0.2) is 0 Å². The highest BCUT2D eigenvalue weighted by molar-refractivity contribution is 8.00. The fourth-order valence-electron chi connectivity index (χ4n) is 3.80. The molecule has 0 saturated heterocycles. The second-order valence-corrected chi connectivity index (χ2v) is 9.44. The minimum Gasteiger partial charge on any atom is -0.355 e. The third-order valence-electron chi connectivity index (χ3n) is 5.78. The Balaban J connectivity index is 1.49. The molecule has 0 aliphatic heterocycles. The fraction of sp³-hybridized carbons (Fsp3) is 0.259. The molecular formula is C27H29N5OS. The average Bonchev–Trinajstić information content (AvgIpc) is 3.27. The van der Waals surface area contributed by atoms with E-state index in [9.17, 15) is 4.79 Å². The molecule has 0 aliphatic rings. The molecule has 7 heteroatoms. The molecule has 2 aromatic heterocycles. The van der Waals surface area contributed by atoms with E-state index in [0.717, 1.165) is 23.4 Å². The normalized spacial score (nSPS) is 12.8. The van der Waals surface area contributed by atoms with Crippen molar-refractivity contribution in [1.29, 1.82) is 0 Å². The van der Waals surface area contributed by atoms with Gasteiger partial charge in [0.25, 0.3) is 0 Å². The molecule has 2 aromatic carbocycles. The van der Waals surface area contributed by atoms with Crippen LogP contribution in [0.1, 0.15) is 37.3 Å². The maximum absolute atomic E-state index is 12.9. The van der Waals surface area contributed by atoms with Gasteiger partial charge < -0.3 is 5.32 Å². The first-order valence-electron chi connectivity index (χ1n) is 11.5. The van der Waals surface area contributed by atoms with Crippen LogP contribution in [-0.4, -0.2) is 37.5 Å². The lowest BCUT2D eigenvalue weighted by Crippen LogP contribution is -2.34. The number of benzene rings is 2. The summed E-state index contributed by atoms with van der Waals surface area (Å²) in [6.45, 7) is 5.29. The molecule has 0 aliphatic carbocycles. The van der Waals surface area contributed by atoms with Crippen molar-refractivity contribution in [2.24, 2.45) is 0 Å². The molecule has 0 saturated carbocycles. The van der Waals surface area contributed by atoms with Crippen molar-refractivity contribution in [2.75, 3.05) is 6.54 Å². The highest BCUT2D eigenvalue weighted by atomic mass is 32.2. The van der Waals surface area contributed by atoms with Gasteiger partial charge in [0.1, 0.15) is 0 Å². The average molecular weight is 472 g/mol. The highest BCUT2D eigenvalue weighted by Crippen LogP contribution is 2.28. The summed E-state index contributed by atoms with van der Waals surface area (Å²) in [5.74, 6) is 1.05. The molecule has 2 atom stereocenters. The van der Waals surface area contributed by atoms with Crippen molar-refractivity contribution in [3.63, 3.8) is 0 Å². The third-order valence-corrected chi connectivity index (χ3v) is 6.86. The summed E-state index contributed by atoms with van der Waals surface area (Å²) in [6.07, 6.45) is 4.46. The molecule has 2 heterocycles. The van der Waals surface area contributed by atoms with Gasteiger partial charge in [-0.1, -0.05) is 79.3 Å². The summed E-state index contributed by atoms with van der Waals surface area (Å²) in [5, 5.41) is 12.4. The number of nitrogens with one attached hydrogen (secondary N) is 1. The lowest BCUT2D eigenvalue weighted by Gasteiger charge is -2.18. The topological polar surface area (TPSA) is 72.7 Å². The Bertz CT molecular complexity index is 1180. The minimum atomic E-state index is -0.308. The summed E-state index contributed by atoms with van der Waals surface area (Å²) >= 11 is 1.43. The summed E-state index contributed by atoms with van der Waals surface area (Å²) < 4.78 is 2.07. The van der Waals surface area contributed by atoms with Crippen LogP contribution >= 0.6 is 11.8 Å². The molecule has 0 spiro atoms. The van der Waals surface area contributed by atoms with E-state index in [0.29, 0.717) is 24.2 Å². The van der Waals surface area contributed by atoms with Crippen LogP contribution < -0.4 is 5.32 Å². The smallest absolute Gasteiger partial charge is 0.233 e. The van der Waals surface area contributed by atoms with Crippen molar-refractivity contribution < 1.29 is 4.79 Å². The number of nitrogens with zero attached hydrogens (tertiary/aromatic N) is 4. The van der Waals surface area contributed by atoms with Crippen molar-refractivity contribution in [3.05, 3.63) is 96.3 Å². The lowest BCUT2D eigenvalue weighted by molar-refractivity contribution is -0.120. The molecule has 34 heavy (non-hydrogen) atoms. The lowest BCUT2D eigenvalue weighted by atomic mass is 9.96. The minimum absolute atomic E-state index is 0.000830. The summed E-state index contributed by atoms with van der Waals surface area (Å²) in [5.41, 5.74) is 3.33. The Kier molecular flexibility index (Phi) is 8.09. The van der Waals surface area contributed by atoms with Gasteiger partial charge >= 0.3 is 0 Å². The molecule has 174 valence electrons. The van der Waals surface area contributed by atoms with Crippen molar-refractivity contribution >= 4 is 17.7 Å². The van der Waals surface area contributed by atoms with Gasteiger partial charge in [-0.2, -0.15) is 0 Å². The highest BCUT2D eigenvalue weighted by Gasteiger charge is 2.22. The maximum atomic E-state index is 12.9. The molecule has 0 unspecified atom stereocenters. The van der Waals surface area contributed by atoms with Crippen LogP contribution in [0.2, 0.25) is 0 Å². The Hall–Kier alpha value is -3.45. The van der Waals surface area contributed by atoms with Gasteiger partial charge in [-0.05, 0) is 36.6 Å². The van der Waals surface area contributed by atoms with Crippen molar-refractivity contribution in [1.82, 2.24) is 25.1 Å². The standard InChI is InChI=1S/C27H29N5OS/c1-3-22(23-12-8-5-9-13-23)18-29-26(33)20(2)34-27-31-30-25(24-14-16-28-17-15-24)32(27)19-21-10-6-4-7-11-21/h4-17,20,22H,3,18-19H2,1-2H3,(H,29,33)/t20-,22-/m1/s1. The molecule has 0 fully saturated rings. The van der Waals surface area contributed by atoms with E-state index < -0.39 is 0 Å². The number of thioether (sulfide) groups is 1. The second-order valence-electron chi connectivity index (χ2n) is 8.13. The third kappa shape index (κ3) is 5.91. The second kappa shape index (κ2) is 11.6. The molecule has 6 nitrogen and oxygen atoms in total. The van der Waals surface area contributed by atoms with Crippen LogP contribution in [0, 0.1) is 0 Å². The molecule has 4 rings (SSSR count). The van der Waals surface area contributed by atoms with Crippen molar-refractivity contribution in [2.45, 2.75) is 43.1 Å². The SMILES string of the molecule is CC[C@H](CNC(=O)[C@@H](C)Sc1nnc(-c2ccncc2)n1Cc1ccccc1)c1ccccc1. The first-order chi connectivity index (χ1) is 16.7. The Labute approximate surface area is 204 Å². The van der Waals surface area contributed by atoms with Gasteiger partial charge in [0.15, 0.2) is 11.0 Å². The molecule has 0 radical (unpaired) electrons. The zero-order valence-corrected chi connectivity index (χ0v) is 20.3. The monoisotopic (exact) mass is 471 g/mol. The number of rotatable bonds is 10. The summed E-state index contributed by atoms with van der Waals surface area (Å²) in [6, 6.07) is 24.4. The van der Waals surface area contributed by atoms with Crippen LogP contribution in [0.4, 0.5) is 0 Å². The number of carbonyl (C=O) groups excluding carboxylic acids is 1. The van der Waals surface area contributed by atoms with E-state index in [4.69, 9.17) is 0 Å². The van der Waals surface area contributed by atoms with Crippen LogP contribution in [0.25, 0.3) is 11.4 Å². The van der Waals surface area contributed by atoms with E-state index in [1.807, 2.05) is 55.5 Å². The molecule has 1 N–H and O–H groups in total. The Morgan fingerprint density at radius 2 is 1.65 bits per heavy atom. The van der Waals surface area contributed by atoms with Gasteiger partial charge in [0, 0.05) is 30.4 Å². The number of amides is 1. The number of hydrogen-bond acceptors (Lipinski definition) is 5. The van der Waals surface area contributed by atoms with E-state index in [1.54, 1.807) is 12.4 Å². The predicted molar refractivity (Wildman–Crippen MR) is 137 cm³/mol. The largest absolute Gasteiger partial charge is 0.355 e.